The molecule has 4 aromatic rings. The SMILES string of the molecule is CCn1c(SCC(=O)Nc2nnc(C)s2)nnc1-c1cc2ccccc2o1. The van der Waals surface area contributed by atoms with E-state index in [1.54, 1.807) is 0 Å². The van der Waals surface area contributed by atoms with Gasteiger partial charge in [-0.1, -0.05) is 41.3 Å². The number of amides is 1. The third-order valence-corrected chi connectivity index (χ3v) is 5.50. The number of carbonyl (C=O) groups excluding carboxylic acids is 1. The standard InChI is InChI=1S/C17H16N6O2S2/c1-3-23-15(13-8-11-6-4-5-7-12(11)25-13)20-22-17(23)26-9-14(24)18-16-21-19-10(2)27-16/h4-8H,3,9H2,1-2H3,(H,18,21,24). The van der Waals surface area contributed by atoms with Crippen LogP contribution in [-0.2, 0) is 11.3 Å². The van der Waals surface area contributed by atoms with E-state index >= 15 is 0 Å². The minimum atomic E-state index is -0.160. The molecule has 4 rings (SSSR count). The number of nitrogens with one attached hydrogen (secondary N) is 1. The molecule has 0 radical (unpaired) electrons. The number of aryl methyl sites for hydroxylation is 1. The summed E-state index contributed by atoms with van der Waals surface area (Å²) in [6.07, 6.45) is 0. The Morgan fingerprint density at radius 2 is 2.11 bits per heavy atom. The molecule has 0 unspecified atom stereocenters. The number of carbonyl (C=O) groups is 1. The quantitative estimate of drug-likeness (QED) is 0.494. The maximum Gasteiger partial charge on any atom is 0.236 e. The van der Waals surface area contributed by atoms with Crippen LogP contribution in [0, 0.1) is 6.92 Å². The average Bonchev–Trinajstić information content (AvgIpc) is 3.36. The molecule has 0 saturated carbocycles. The predicted octanol–water partition coefficient (Wildman–Crippen LogP) is 3.60. The van der Waals surface area contributed by atoms with Crippen LogP contribution in [0.3, 0.4) is 0 Å². The Morgan fingerprint density at radius 1 is 1.26 bits per heavy atom. The van der Waals surface area contributed by atoms with Crippen LogP contribution < -0.4 is 5.32 Å². The van der Waals surface area contributed by atoms with Gasteiger partial charge in [0.05, 0.1) is 5.75 Å². The number of anilines is 1. The van der Waals surface area contributed by atoms with Gasteiger partial charge >= 0.3 is 0 Å². The average molecular weight is 400 g/mol. The molecule has 10 heteroatoms. The molecule has 3 heterocycles. The van der Waals surface area contributed by atoms with Gasteiger partial charge in [-0.25, -0.2) is 0 Å². The second kappa shape index (κ2) is 7.49. The lowest BCUT2D eigenvalue weighted by Gasteiger charge is -2.05. The summed E-state index contributed by atoms with van der Waals surface area (Å²) >= 11 is 2.66. The summed E-state index contributed by atoms with van der Waals surface area (Å²) < 4.78 is 7.83. The molecule has 0 aliphatic carbocycles. The second-order valence-electron chi connectivity index (χ2n) is 5.66. The van der Waals surface area contributed by atoms with Crippen LogP contribution in [0.5, 0.6) is 0 Å². The van der Waals surface area contributed by atoms with E-state index < -0.39 is 0 Å². The van der Waals surface area contributed by atoms with Crippen molar-refractivity contribution in [3.63, 3.8) is 0 Å². The fraction of sp³-hybridized carbons (Fsp3) is 0.235. The summed E-state index contributed by atoms with van der Waals surface area (Å²) in [6.45, 7) is 4.51. The van der Waals surface area contributed by atoms with Crippen molar-refractivity contribution in [1.82, 2.24) is 25.0 Å². The largest absolute Gasteiger partial charge is 0.453 e. The topological polar surface area (TPSA) is 98.7 Å². The zero-order valence-electron chi connectivity index (χ0n) is 14.7. The van der Waals surface area contributed by atoms with E-state index in [-0.39, 0.29) is 11.7 Å². The predicted molar refractivity (Wildman–Crippen MR) is 105 cm³/mol. The minimum Gasteiger partial charge on any atom is -0.453 e. The smallest absolute Gasteiger partial charge is 0.236 e. The Bertz CT molecular complexity index is 1070. The van der Waals surface area contributed by atoms with Crippen molar-refractivity contribution in [3.8, 4) is 11.6 Å². The van der Waals surface area contributed by atoms with E-state index in [2.05, 4.69) is 25.7 Å². The monoisotopic (exact) mass is 400 g/mol. The number of furan rings is 1. The summed E-state index contributed by atoms with van der Waals surface area (Å²) in [4.78, 5) is 12.1. The van der Waals surface area contributed by atoms with E-state index in [1.165, 1.54) is 23.1 Å². The summed E-state index contributed by atoms with van der Waals surface area (Å²) in [6, 6.07) is 9.75. The Labute approximate surface area is 163 Å². The van der Waals surface area contributed by atoms with Crippen molar-refractivity contribution < 1.29 is 9.21 Å². The minimum absolute atomic E-state index is 0.160. The van der Waals surface area contributed by atoms with Crippen LogP contribution in [0.2, 0.25) is 0 Å². The molecule has 138 valence electrons. The number of para-hydroxylation sites is 1. The highest BCUT2D eigenvalue weighted by atomic mass is 32.2. The van der Waals surface area contributed by atoms with Crippen molar-refractivity contribution in [2.45, 2.75) is 25.5 Å². The van der Waals surface area contributed by atoms with Crippen molar-refractivity contribution in [3.05, 3.63) is 35.3 Å². The van der Waals surface area contributed by atoms with Gasteiger partial charge in [-0.15, -0.1) is 20.4 Å². The molecule has 0 bridgehead atoms. The maximum atomic E-state index is 12.1. The highest BCUT2D eigenvalue weighted by molar-refractivity contribution is 7.99. The highest BCUT2D eigenvalue weighted by Gasteiger charge is 2.18. The van der Waals surface area contributed by atoms with Crippen LogP contribution >= 0.6 is 23.1 Å². The number of fused-ring (bicyclic) bond motifs is 1. The summed E-state index contributed by atoms with van der Waals surface area (Å²) in [7, 11) is 0. The van der Waals surface area contributed by atoms with Crippen molar-refractivity contribution in [1.29, 1.82) is 0 Å². The molecule has 0 aliphatic heterocycles. The lowest BCUT2D eigenvalue weighted by Crippen LogP contribution is -2.14. The molecule has 3 aromatic heterocycles. The summed E-state index contributed by atoms with van der Waals surface area (Å²) in [5.41, 5.74) is 0.805. The van der Waals surface area contributed by atoms with Crippen molar-refractivity contribution >= 4 is 45.1 Å². The molecule has 0 aliphatic rings. The van der Waals surface area contributed by atoms with E-state index in [0.29, 0.717) is 28.4 Å². The fourth-order valence-corrected chi connectivity index (χ4v) is 4.00. The molecule has 1 amide bonds. The van der Waals surface area contributed by atoms with Gasteiger partial charge in [0, 0.05) is 11.9 Å². The van der Waals surface area contributed by atoms with Gasteiger partial charge in [-0.05, 0) is 26.0 Å². The number of aromatic nitrogens is 5. The van der Waals surface area contributed by atoms with Gasteiger partial charge in [0.25, 0.3) is 0 Å². The molecular formula is C17H16N6O2S2. The zero-order chi connectivity index (χ0) is 18.8. The fourth-order valence-electron chi connectivity index (χ4n) is 2.59. The zero-order valence-corrected chi connectivity index (χ0v) is 16.3. The number of rotatable bonds is 6. The summed E-state index contributed by atoms with van der Waals surface area (Å²) in [5.74, 6) is 1.35. The lowest BCUT2D eigenvalue weighted by atomic mass is 10.2. The van der Waals surface area contributed by atoms with E-state index in [9.17, 15) is 4.79 Å². The molecule has 27 heavy (non-hydrogen) atoms. The second-order valence-corrected chi connectivity index (χ2v) is 7.79. The normalized spacial score (nSPS) is 11.2. The molecule has 0 fully saturated rings. The molecular weight excluding hydrogens is 384 g/mol. The number of benzene rings is 1. The highest BCUT2D eigenvalue weighted by Crippen LogP contribution is 2.29. The van der Waals surface area contributed by atoms with Crippen LogP contribution in [0.25, 0.3) is 22.6 Å². The van der Waals surface area contributed by atoms with Gasteiger partial charge in [-0.3, -0.25) is 14.7 Å². The van der Waals surface area contributed by atoms with Crippen LogP contribution in [0.15, 0.2) is 39.9 Å². The van der Waals surface area contributed by atoms with Gasteiger partial charge in [0.2, 0.25) is 16.9 Å². The molecule has 1 N–H and O–H groups in total. The number of hydrogen-bond acceptors (Lipinski definition) is 8. The first kappa shape index (κ1) is 17.7. The van der Waals surface area contributed by atoms with E-state index in [0.717, 1.165) is 16.0 Å². The van der Waals surface area contributed by atoms with Crippen molar-refractivity contribution in [2.75, 3.05) is 11.1 Å². The van der Waals surface area contributed by atoms with Crippen LogP contribution in [0.4, 0.5) is 5.13 Å². The molecule has 8 nitrogen and oxygen atoms in total. The Morgan fingerprint density at radius 3 is 2.85 bits per heavy atom. The molecule has 0 atom stereocenters. The van der Waals surface area contributed by atoms with Crippen LogP contribution in [0.1, 0.15) is 11.9 Å². The van der Waals surface area contributed by atoms with Gasteiger partial charge < -0.3 is 4.42 Å². The third kappa shape index (κ3) is 3.71. The van der Waals surface area contributed by atoms with Gasteiger partial charge in [-0.2, -0.15) is 0 Å². The Kier molecular flexibility index (Phi) is 4.90. The number of nitrogens with zero attached hydrogens (tertiary/aromatic N) is 5. The van der Waals surface area contributed by atoms with Gasteiger partial charge in [0.1, 0.15) is 10.6 Å². The molecule has 1 aromatic carbocycles. The maximum absolute atomic E-state index is 12.1. The number of thioether (sulfide) groups is 1. The van der Waals surface area contributed by atoms with E-state index in [1.807, 2.05) is 48.7 Å². The van der Waals surface area contributed by atoms with Crippen LogP contribution in [-0.4, -0.2) is 36.6 Å². The molecule has 0 spiro atoms. The number of hydrogen-bond donors (Lipinski definition) is 1. The van der Waals surface area contributed by atoms with E-state index in [4.69, 9.17) is 4.42 Å². The summed E-state index contributed by atoms with van der Waals surface area (Å²) in [5, 5.41) is 22.0. The Balaban J connectivity index is 1.50. The first-order chi connectivity index (χ1) is 13.1. The van der Waals surface area contributed by atoms with Gasteiger partial charge in [0.15, 0.2) is 10.9 Å². The first-order valence-corrected chi connectivity index (χ1v) is 10.1. The first-order valence-electron chi connectivity index (χ1n) is 8.29. The lowest BCUT2D eigenvalue weighted by molar-refractivity contribution is -0.113. The van der Waals surface area contributed by atoms with Crippen molar-refractivity contribution in [2.24, 2.45) is 0 Å². The third-order valence-electron chi connectivity index (χ3n) is 3.78. The Hall–Kier alpha value is -2.72. The molecule has 0 saturated heterocycles.